The summed E-state index contributed by atoms with van der Waals surface area (Å²) in [6, 6.07) is 3.68. The summed E-state index contributed by atoms with van der Waals surface area (Å²) in [4.78, 5) is 10.5. The first-order valence-corrected chi connectivity index (χ1v) is 5.19. The molecule has 0 fully saturated rings. The van der Waals surface area contributed by atoms with E-state index in [2.05, 4.69) is 37.3 Å². The van der Waals surface area contributed by atoms with Crippen molar-refractivity contribution in [1.82, 2.24) is 9.88 Å². The minimum Gasteiger partial charge on any atom is -0.384 e. The van der Waals surface area contributed by atoms with Crippen molar-refractivity contribution in [3.8, 4) is 0 Å². The molecular weight excluding hydrogens is 200 g/mol. The molecule has 0 aromatic carbocycles. The van der Waals surface area contributed by atoms with Gasteiger partial charge in [-0.05, 0) is 32.9 Å². The van der Waals surface area contributed by atoms with Gasteiger partial charge in [-0.2, -0.15) is 0 Å². The SMILES string of the molecule is C=C1c2ccc(N)nc2N=CN1C(C)(C)C. The van der Waals surface area contributed by atoms with Crippen molar-refractivity contribution in [1.29, 1.82) is 0 Å². The zero-order chi connectivity index (χ0) is 11.9. The molecule has 2 rings (SSSR count). The number of fused-ring (bicyclic) bond motifs is 1. The van der Waals surface area contributed by atoms with E-state index in [0.29, 0.717) is 11.6 Å². The highest BCUT2D eigenvalue weighted by Crippen LogP contribution is 2.33. The van der Waals surface area contributed by atoms with E-state index in [9.17, 15) is 0 Å². The zero-order valence-corrected chi connectivity index (χ0v) is 9.86. The molecule has 0 amide bonds. The van der Waals surface area contributed by atoms with Gasteiger partial charge in [-0.25, -0.2) is 9.98 Å². The summed E-state index contributed by atoms with van der Waals surface area (Å²) in [6.07, 6.45) is 1.76. The van der Waals surface area contributed by atoms with E-state index in [1.54, 1.807) is 12.4 Å². The van der Waals surface area contributed by atoms with Crippen LogP contribution in [0.3, 0.4) is 0 Å². The lowest BCUT2D eigenvalue weighted by Gasteiger charge is -2.37. The molecule has 0 atom stereocenters. The molecule has 0 bridgehead atoms. The summed E-state index contributed by atoms with van der Waals surface area (Å²) < 4.78 is 0. The van der Waals surface area contributed by atoms with E-state index in [1.807, 2.05) is 11.0 Å². The summed E-state index contributed by atoms with van der Waals surface area (Å²) in [5, 5.41) is 0. The van der Waals surface area contributed by atoms with Gasteiger partial charge in [-0.15, -0.1) is 0 Å². The second-order valence-corrected chi connectivity index (χ2v) is 4.84. The molecule has 16 heavy (non-hydrogen) atoms. The van der Waals surface area contributed by atoms with E-state index in [0.717, 1.165) is 11.3 Å². The summed E-state index contributed by atoms with van der Waals surface area (Å²) in [7, 11) is 0. The third-order valence-corrected chi connectivity index (χ3v) is 2.52. The number of rotatable bonds is 0. The average molecular weight is 216 g/mol. The van der Waals surface area contributed by atoms with Crippen LogP contribution in [-0.4, -0.2) is 21.8 Å². The summed E-state index contributed by atoms with van der Waals surface area (Å²) >= 11 is 0. The summed E-state index contributed by atoms with van der Waals surface area (Å²) in [6.45, 7) is 10.4. The second kappa shape index (κ2) is 3.33. The minimum absolute atomic E-state index is 0.0420. The van der Waals surface area contributed by atoms with Gasteiger partial charge < -0.3 is 10.6 Å². The van der Waals surface area contributed by atoms with Crippen LogP contribution in [0.15, 0.2) is 23.7 Å². The number of hydrogen-bond acceptors (Lipinski definition) is 4. The first-order chi connectivity index (χ1) is 7.39. The standard InChI is InChI=1S/C12H16N4/c1-8-9-5-6-10(13)15-11(9)14-7-16(8)12(2,3)4/h5-7H,1H2,2-4H3,(H2,13,15). The van der Waals surface area contributed by atoms with E-state index in [4.69, 9.17) is 5.73 Å². The maximum absolute atomic E-state index is 5.62. The number of nitrogens with zero attached hydrogens (tertiary/aromatic N) is 3. The van der Waals surface area contributed by atoms with Crippen LogP contribution in [0.4, 0.5) is 11.6 Å². The van der Waals surface area contributed by atoms with Gasteiger partial charge in [0.1, 0.15) is 5.82 Å². The monoisotopic (exact) mass is 216 g/mol. The molecule has 0 spiro atoms. The van der Waals surface area contributed by atoms with Crippen LogP contribution >= 0.6 is 0 Å². The quantitative estimate of drug-likeness (QED) is 0.724. The van der Waals surface area contributed by atoms with Gasteiger partial charge in [0.15, 0.2) is 5.82 Å². The fourth-order valence-electron chi connectivity index (χ4n) is 1.68. The lowest BCUT2D eigenvalue weighted by molar-refractivity contribution is 0.334. The first kappa shape index (κ1) is 10.7. The van der Waals surface area contributed by atoms with Crippen molar-refractivity contribution in [2.75, 3.05) is 5.73 Å². The molecule has 0 saturated heterocycles. The lowest BCUT2D eigenvalue weighted by Crippen LogP contribution is -2.39. The van der Waals surface area contributed by atoms with Crippen LogP contribution in [0.1, 0.15) is 26.3 Å². The van der Waals surface area contributed by atoms with Crippen LogP contribution in [0.2, 0.25) is 0 Å². The van der Waals surface area contributed by atoms with Crippen molar-refractivity contribution in [3.05, 3.63) is 24.3 Å². The van der Waals surface area contributed by atoms with E-state index >= 15 is 0 Å². The maximum atomic E-state index is 5.62. The topological polar surface area (TPSA) is 54.5 Å². The van der Waals surface area contributed by atoms with Gasteiger partial charge in [-0.1, -0.05) is 6.58 Å². The second-order valence-electron chi connectivity index (χ2n) is 4.84. The molecule has 4 nitrogen and oxygen atoms in total. The van der Waals surface area contributed by atoms with Crippen LogP contribution in [0.25, 0.3) is 5.70 Å². The third-order valence-electron chi connectivity index (χ3n) is 2.52. The van der Waals surface area contributed by atoms with Crippen molar-refractivity contribution >= 4 is 23.7 Å². The summed E-state index contributed by atoms with van der Waals surface area (Å²) in [5.74, 6) is 1.12. The molecule has 2 N–H and O–H groups in total. The third kappa shape index (κ3) is 1.66. The zero-order valence-electron chi connectivity index (χ0n) is 9.86. The Balaban J connectivity index is 2.48. The molecule has 0 radical (unpaired) electrons. The highest BCUT2D eigenvalue weighted by Gasteiger charge is 2.26. The van der Waals surface area contributed by atoms with Gasteiger partial charge in [0.2, 0.25) is 0 Å². The Morgan fingerprint density at radius 2 is 2.00 bits per heavy atom. The number of aromatic nitrogens is 1. The molecule has 1 aromatic heterocycles. The Morgan fingerprint density at radius 1 is 1.31 bits per heavy atom. The number of anilines is 1. The fraction of sp³-hybridized carbons (Fsp3) is 0.333. The van der Waals surface area contributed by atoms with Crippen LogP contribution in [0, 0.1) is 0 Å². The van der Waals surface area contributed by atoms with Gasteiger partial charge in [0.25, 0.3) is 0 Å². The molecule has 0 unspecified atom stereocenters. The predicted molar refractivity (Wildman–Crippen MR) is 67.4 cm³/mol. The lowest BCUT2D eigenvalue weighted by atomic mass is 10.0. The van der Waals surface area contributed by atoms with Crippen LogP contribution in [0.5, 0.6) is 0 Å². The number of hydrogen-bond donors (Lipinski definition) is 1. The van der Waals surface area contributed by atoms with Gasteiger partial charge in [0, 0.05) is 16.8 Å². The van der Waals surface area contributed by atoms with Gasteiger partial charge in [-0.3, -0.25) is 0 Å². The molecule has 1 aromatic rings. The molecule has 1 aliphatic heterocycles. The smallest absolute Gasteiger partial charge is 0.165 e. The minimum atomic E-state index is -0.0420. The van der Waals surface area contributed by atoms with Gasteiger partial charge >= 0.3 is 0 Å². The number of nitrogen functional groups attached to an aromatic ring is 1. The Labute approximate surface area is 95.5 Å². The molecule has 2 heterocycles. The molecule has 4 heteroatoms. The molecule has 0 saturated carbocycles. The Kier molecular flexibility index (Phi) is 2.22. The van der Waals surface area contributed by atoms with Crippen molar-refractivity contribution in [2.24, 2.45) is 4.99 Å². The highest BCUT2D eigenvalue weighted by molar-refractivity contribution is 5.86. The largest absolute Gasteiger partial charge is 0.384 e. The summed E-state index contributed by atoms with van der Waals surface area (Å²) in [5.41, 5.74) is 7.42. The Morgan fingerprint density at radius 3 is 2.62 bits per heavy atom. The van der Waals surface area contributed by atoms with E-state index in [-0.39, 0.29) is 5.54 Å². The number of pyridine rings is 1. The van der Waals surface area contributed by atoms with Crippen LogP contribution in [-0.2, 0) is 0 Å². The first-order valence-electron chi connectivity index (χ1n) is 5.19. The van der Waals surface area contributed by atoms with Crippen molar-refractivity contribution in [2.45, 2.75) is 26.3 Å². The predicted octanol–water partition coefficient (Wildman–Crippen LogP) is 2.41. The van der Waals surface area contributed by atoms with Crippen molar-refractivity contribution < 1.29 is 0 Å². The normalized spacial score (nSPS) is 15.2. The molecule has 0 aliphatic carbocycles. The molecule has 1 aliphatic rings. The fourth-order valence-corrected chi connectivity index (χ4v) is 1.68. The Bertz CT molecular complexity index is 468. The van der Waals surface area contributed by atoms with Crippen molar-refractivity contribution in [3.63, 3.8) is 0 Å². The van der Waals surface area contributed by atoms with E-state index < -0.39 is 0 Å². The average Bonchev–Trinajstić information content (AvgIpc) is 2.15. The Hall–Kier alpha value is -1.84. The number of nitrogens with two attached hydrogens (primary N) is 1. The number of aliphatic imine (C=N–C) groups is 1. The molecular formula is C12H16N4. The van der Waals surface area contributed by atoms with Gasteiger partial charge in [0.05, 0.1) is 6.34 Å². The van der Waals surface area contributed by atoms with E-state index in [1.165, 1.54) is 0 Å². The van der Waals surface area contributed by atoms with Crippen LogP contribution < -0.4 is 5.73 Å². The molecule has 84 valence electrons. The highest BCUT2D eigenvalue weighted by atomic mass is 15.2. The maximum Gasteiger partial charge on any atom is 0.165 e.